The van der Waals surface area contributed by atoms with Crippen molar-refractivity contribution >= 4 is 23.4 Å². The number of hydrogen-bond acceptors (Lipinski definition) is 5. The number of para-hydroxylation sites is 1. The first-order chi connectivity index (χ1) is 14.7. The van der Waals surface area contributed by atoms with E-state index in [1.165, 1.54) is 11.8 Å². The van der Waals surface area contributed by atoms with E-state index in [2.05, 4.69) is 10.2 Å². The minimum Gasteiger partial charge on any atom is -0.411 e. The van der Waals surface area contributed by atoms with Gasteiger partial charge in [-0.2, -0.15) is 0 Å². The van der Waals surface area contributed by atoms with Crippen LogP contribution in [0.3, 0.4) is 0 Å². The normalized spacial score (nSPS) is 10.7. The molecule has 4 rings (SSSR count). The number of thioether (sulfide) groups is 1. The van der Waals surface area contributed by atoms with Gasteiger partial charge >= 0.3 is 0 Å². The third-order valence-corrected chi connectivity index (χ3v) is 5.46. The fourth-order valence-electron chi connectivity index (χ4n) is 3.09. The van der Waals surface area contributed by atoms with Gasteiger partial charge in [0, 0.05) is 11.3 Å². The lowest BCUT2D eigenvalue weighted by atomic mass is 10.1. The van der Waals surface area contributed by atoms with Crippen molar-refractivity contribution in [3.63, 3.8) is 0 Å². The highest BCUT2D eigenvalue weighted by atomic mass is 32.2. The molecule has 0 unspecified atom stereocenters. The molecule has 1 aromatic heterocycles. The monoisotopic (exact) mass is 415 g/mol. The van der Waals surface area contributed by atoms with Crippen LogP contribution in [-0.4, -0.2) is 21.9 Å². The molecule has 0 saturated heterocycles. The van der Waals surface area contributed by atoms with Gasteiger partial charge in [0.25, 0.3) is 5.22 Å². The second-order valence-corrected chi connectivity index (χ2v) is 7.70. The maximum atomic E-state index is 13.1. The molecule has 0 spiro atoms. The van der Waals surface area contributed by atoms with Crippen molar-refractivity contribution < 1.29 is 9.21 Å². The van der Waals surface area contributed by atoms with E-state index in [0.717, 1.165) is 22.4 Å². The van der Waals surface area contributed by atoms with E-state index >= 15 is 0 Å². The average Bonchev–Trinajstić information content (AvgIpc) is 3.26. The van der Waals surface area contributed by atoms with Gasteiger partial charge in [0.05, 0.1) is 12.3 Å². The highest BCUT2D eigenvalue weighted by molar-refractivity contribution is 7.99. The standard InChI is InChI=1S/C24H21N3O2S/c1-18-10-8-9-15-21(18)23-25-26-24(29-23)30-17-22(28)27(20-13-6-3-7-14-20)16-19-11-4-2-5-12-19/h2-15H,16-17H2,1H3. The predicted molar refractivity (Wildman–Crippen MR) is 119 cm³/mol. The Morgan fingerprint density at radius 1 is 0.900 bits per heavy atom. The summed E-state index contributed by atoms with van der Waals surface area (Å²) >= 11 is 1.25. The number of anilines is 1. The van der Waals surface area contributed by atoms with E-state index < -0.39 is 0 Å². The number of carbonyl (C=O) groups excluding carboxylic acids is 1. The molecular weight excluding hydrogens is 394 g/mol. The summed E-state index contributed by atoms with van der Waals surface area (Å²) in [5, 5.41) is 8.61. The van der Waals surface area contributed by atoms with E-state index in [1.807, 2.05) is 91.9 Å². The number of nitrogens with zero attached hydrogens (tertiary/aromatic N) is 3. The average molecular weight is 416 g/mol. The van der Waals surface area contributed by atoms with Crippen LogP contribution in [0.15, 0.2) is 94.6 Å². The summed E-state index contributed by atoms with van der Waals surface area (Å²) in [6.07, 6.45) is 0. The van der Waals surface area contributed by atoms with Crippen LogP contribution in [0, 0.1) is 6.92 Å². The van der Waals surface area contributed by atoms with E-state index in [-0.39, 0.29) is 11.7 Å². The smallest absolute Gasteiger partial charge is 0.277 e. The Morgan fingerprint density at radius 3 is 2.30 bits per heavy atom. The largest absolute Gasteiger partial charge is 0.411 e. The maximum Gasteiger partial charge on any atom is 0.277 e. The molecule has 0 aliphatic heterocycles. The lowest BCUT2D eigenvalue weighted by Crippen LogP contribution is -2.31. The zero-order valence-electron chi connectivity index (χ0n) is 16.6. The second-order valence-electron chi connectivity index (χ2n) is 6.78. The molecule has 6 heteroatoms. The van der Waals surface area contributed by atoms with Gasteiger partial charge in [0.15, 0.2) is 0 Å². The SMILES string of the molecule is Cc1ccccc1-c1nnc(SCC(=O)N(Cc2ccccc2)c2ccccc2)o1. The van der Waals surface area contributed by atoms with Crippen LogP contribution in [0.5, 0.6) is 0 Å². The van der Waals surface area contributed by atoms with Crippen LogP contribution in [-0.2, 0) is 11.3 Å². The topological polar surface area (TPSA) is 59.2 Å². The zero-order valence-corrected chi connectivity index (χ0v) is 17.4. The van der Waals surface area contributed by atoms with Gasteiger partial charge < -0.3 is 9.32 Å². The zero-order chi connectivity index (χ0) is 20.8. The minimum atomic E-state index is -0.0225. The van der Waals surface area contributed by atoms with Crippen LogP contribution in [0.1, 0.15) is 11.1 Å². The summed E-state index contributed by atoms with van der Waals surface area (Å²) in [4.78, 5) is 14.8. The number of aromatic nitrogens is 2. The Balaban J connectivity index is 1.47. The molecule has 3 aromatic carbocycles. The highest BCUT2D eigenvalue weighted by Crippen LogP contribution is 2.26. The van der Waals surface area contributed by atoms with Gasteiger partial charge in [-0.25, -0.2) is 0 Å². The molecule has 0 atom stereocenters. The van der Waals surface area contributed by atoms with Crippen LogP contribution < -0.4 is 4.90 Å². The third-order valence-electron chi connectivity index (χ3n) is 4.65. The minimum absolute atomic E-state index is 0.0225. The molecule has 4 aromatic rings. The van der Waals surface area contributed by atoms with E-state index in [4.69, 9.17) is 4.42 Å². The molecule has 0 fully saturated rings. The number of benzene rings is 3. The predicted octanol–water partition coefficient (Wildman–Crippen LogP) is 5.37. The Kier molecular flexibility index (Phi) is 6.25. The fraction of sp³-hybridized carbons (Fsp3) is 0.125. The van der Waals surface area contributed by atoms with Crippen LogP contribution in [0.4, 0.5) is 5.69 Å². The Bertz CT molecular complexity index is 1110. The van der Waals surface area contributed by atoms with Crippen molar-refractivity contribution in [2.45, 2.75) is 18.7 Å². The van der Waals surface area contributed by atoms with Crippen LogP contribution in [0.2, 0.25) is 0 Å². The van der Waals surface area contributed by atoms with Crippen molar-refractivity contribution in [3.8, 4) is 11.5 Å². The van der Waals surface area contributed by atoms with Crippen molar-refractivity contribution in [2.75, 3.05) is 10.7 Å². The number of rotatable bonds is 7. The first-order valence-electron chi connectivity index (χ1n) is 9.62. The van der Waals surface area contributed by atoms with Gasteiger partial charge in [-0.15, -0.1) is 10.2 Å². The molecule has 5 nitrogen and oxygen atoms in total. The van der Waals surface area contributed by atoms with Crippen LogP contribution in [0.25, 0.3) is 11.5 Å². The first-order valence-corrected chi connectivity index (χ1v) is 10.6. The van der Waals surface area contributed by atoms with Gasteiger partial charge in [-0.05, 0) is 36.2 Å². The maximum absolute atomic E-state index is 13.1. The molecule has 150 valence electrons. The lowest BCUT2D eigenvalue weighted by molar-refractivity contribution is -0.116. The van der Waals surface area contributed by atoms with Gasteiger partial charge in [-0.1, -0.05) is 78.5 Å². The molecule has 0 aliphatic rings. The first kappa shape index (κ1) is 19.9. The Labute approximate surface area is 179 Å². The van der Waals surface area contributed by atoms with Crippen molar-refractivity contribution in [1.82, 2.24) is 10.2 Å². The third kappa shape index (κ3) is 4.78. The molecular formula is C24H21N3O2S. The molecule has 0 radical (unpaired) electrons. The number of amides is 1. The van der Waals surface area contributed by atoms with Crippen molar-refractivity contribution in [2.24, 2.45) is 0 Å². The van der Waals surface area contributed by atoms with E-state index in [9.17, 15) is 4.79 Å². The summed E-state index contributed by atoms with van der Waals surface area (Å²) in [6.45, 7) is 2.50. The van der Waals surface area contributed by atoms with E-state index in [1.54, 1.807) is 4.90 Å². The molecule has 1 heterocycles. The molecule has 0 aliphatic carbocycles. The molecule has 1 amide bonds. The summed E-state index contributed by atoms with van der Waals surface area (Å²) < 4.78 is 5.77. The van der Waals surface area contributed by atoms with Gasteiger partial charge in [-0.3, -0.25) is 4.79 Å². The summed E-state index contributed by atoms with van der Waals surface area (Å²) in [7, 11) is 0. The van der Waals surface area contributed by atoms with E-state index in [0.29, 0.717) is 17.7 Å². The fourth-order valence-corrected chi connectivity index (χ4v) is 3.73. The number of hydrogen-bond donors (Lipinski definition) is 0. The van der Waals surface area contributed by atoms with Gasteiger partial charge in [0.1, 0.15) is 0 Å². The summed E-state index contributed by atoms with van der Waals surface area (Å²) in [6, 6.07) is 27.5. The molecule has 0 bridgehead atoms. The van der Waals surface area contributed by atoms with Crippen molar-refractivity contribution in [1.29, 1.82) is 0 Å². The quantitative estimate of drug-likeness (QED) is 0.380. The van der Waals surface area contributed by atoms with Gasteiger partial charge in [0.2, 0.25) is 11.8 Å². The second kappa shape index (κ2) is 9.41. The molecule has 0 N–H and O–H groups in total. The number of carbonyl (C=O) groups is 1. The Morgan fingerprint density at radius 2 is 1.57 bits per heavy atom. The van der Waals surface area contributed by atoms with Crippen LogP contribution >= 0.6 is 11.8 Å². The van der Waals surface area contributed by atoms with Crippen molar-refractivity contribution in [3.05, 3.63) is 96.1 Å². The lowest BCUT2D eigenvalue weighted by Gasteiger charge is -2.22. The number of aryl methyl sites for hydroxylation is 1. The highest BCUT2D eigenvalue weighted by Gasteiger charge is 2.18. The summed E-state index contributed by atoms with van der Waals surface area (Å²) in [5.74, 6) is 0.648. The molecule has 30 heavy (non-hydrogen) atoms. The molecule has 0 saturated carbocycles. The summed E-state index contributed by atoms with van der Waals surface area (Å²) in [5.41, 5.74) is 3.89. The Hall–Kier alpha value is -3.38.